The Morgan fingerprint density at radius 1 is 0.650 bits per heavy atom. The molecule has 0 bridgehead atoms. The maximum atomic E-state index is 12.3. The van der Waals surface area contributed by atoms with Gasteiger partial charge in [0.05, 0.1) is 0 Å². The lowest BCUT2D eigenvalue weighted by molar-refractivity contribution is -0.145. The highest BCUT2D eigenvalue weighted by molar-refractivity contribution is 5.60. The molecule has 0 aliphatic rings. The molecule has 0 aliphatic carbocycles. The van der Waals surface area contributed by atoms with Crippen LogP contribution in [-0.4, -0.2) is 15.0 Å². The number of halogens is 6. The van der Waals surface area contributed by atoms with Crippen molar-refractivity contribution in [2.75, 3.05) is 0 Å². The Hall–Kier alpha value is -2.19. The predicted octanol–water partition coefficient (Wildman–Crippen LogP) is 3.58. The molecule has 2 aromatic rings. The molecule has 2 aromatic heterocycles. The zero-order valence-electron chi connectivity index (χ0n) is 9.50. The van der Waals surface area contributed by atoms with Crippen LogP contribution < -0.4 is 0 Å². The highest BCUT2D eigenvalue weighted by Gasteiger charge is 2.34. The van der Waals surface area contributed by atoms with E-state index in [2.05, 4.69) is 15.0 Å². The molecule has 0 spiro atoms. The Kier molecular flexibility index (Phi) is 3.36. The summed E-state index contributed by atoms with van der Waals surface area (Å²) in [5, 5.41) is 0. The van der Waals surface area contributed by atoms with Gasteiger partial charge in [0.1, 0.15) is 5.69 Å². The molecule has 0 aromatic carbocycles. The molecule has 0 aliphatic heterocycles. The third kappa shape index (κ3) is 3.03. The molecule has 20 heavy (non-hydrogen) atoms. The van der Waals surface area contributed by atoms with Crippen molar-refractivity contribution in [3.8, 4) is 11.1 Å². The summed E-state index contributed by atoms with van der Waals surface area (Å²) in [4.78, 5) is 9.42. The number of hydrogen-bond acceptors (Lipinski definition) is 3. The van der Waals surface area contributed by atoms with E-state index >= 15 is 0 Å². The number of nitrogens with zero attached hydrogens (tertiary/aromatic N) is 3. The van der Waals surface area contributed by atoms with Gasteiger partial charge in [-0.15, -0.1) is 0 Å². The molecule has 0 atom stereocenters. The molecule has 0 unspecified atom stereocenters. The van der Waals surface area contributed by atoms with Gasteiger partial charge < -0.3 is 0 Å². The molecule has 2 heterocycles. The first-order valence-electron chi connectivity index (χ1n) is 5.11. The van der Waals surface area contributed by atoms with Crippen LogP contribution in [0, 0.1) is 0 Å². The van der Waals surface area contributed by atoms with Crippen LogP contribution in [0.5, 0.6) is 0 Å². The van der Waals surface area contributed by atoms with Crippen molar-refractivity contribution < 1.29 is 26.3 Å². The highest BCUT2D eigenvalue weighted by Crippen LogP contribution is 2.29. The van der Waals surface area contributed by atoms with E-state index in [9.17, 15) is 26.3 Å². The van der Waals surface area contributed by atoms with Crippen LogP contribution in [0.15, 0.2) is 30.7 Å². The second-order valence-corrected chi connectivity index (χ2v) is 3.72. The van der Waals surface area contributed by atoms with Gasteiger partial charge in [-0.25, -0.2) is 9.97 Å². The van der Waals surface area contributed by atoms with Crippen molar-refractivity contribution in [1.82, 2.24) is 15.0 Å². The quantitative estimate of drug-likeness (QED) is 0.754. The Morgan fingerprint density at radius 2 is 1.20 bits per heavy atom. The van der Waals surface area contributed by atoms with Gasteiger partial charge in [-0.3, -0.25) is 4.98 Å². The van der Waals surface area contributed by atoms with Crippen LogP contribution in [0.1, 0.15) is 11.5 Å². The summed E-state index contributed by atoms with van der Waals surface area (Å²) in [6.45, 7) is 0. The van der Waals surface area contributed by atoms with E-state index < -0.39 is 23.9 Å². The van der Waals surface area contributed by atoms with Crippen molar-refractivity contribution >= 4 is 0 Å². The number of rotatable bonds is 1. The van der Waals surface area contributed by atoms with Gasteiger partial charge in [-0.2, -0.15) is 26.3 Å². The van der Waals surface area contributed by atoms with Crippen molar-refractivity contribution in [3.05, 3.63) is 42.2 Å². The molecule has 106 valence electrons. The normalized spacial score (nSPS) is 12.5. The van der Waals surface area contributed by atoms with Gasteiger partial charge in [-0.05, 0) is 6.07 Å². The van der Waals surface area contributed by atoms with Crippen molar-refractivity contribution in [2.45, 2.75) is 12.4 Å². The predicted molar refractivity (Wildman–Crippen MR) is 55.3 cm³/mol. The zero-order chi connectivity index (χ0) is 15.0. The molecule has 0 radical (unpaired) electrons. The Morgan fingerprint density at radius 3 is 1.60 bits per heavy atom. The lowest BCUT2D eigenvalue weighted by atomic mass is 10.1. The fourth-order valence-electron chi connectivity index (χ4n) is 1.36. The van der Waals surface area contributed by atoms with Crippen molar-refractivity contribution in [2.24, 2.45) is 0 Å². The lowest BCUT2D eigenvalue weighted by Crippen LogP contribution is -2.10. The average Bonchev–Trinajstić information content (AvgIpc) is 2.37. The lowest BCUT2D eigenvalue weighted by Gasteiger charge is -2.07. The summed E-state index contributed by atoms with van der Waals surface area (Å²) in [5.41, 5.74) is -0.764. The van der Waals surface area contributed by atoms with Crippen LogP contribution in [0.2, 0.25) is 0 Å². The van der Waals surface area contributed by atoms with E-state index in [1.807, 2.05) is 0 Å². The molecular weight excluding hydrogens is 288 g/mol. The molecule has 0 N–H and O–H groups in total. The Balaban J connectivity index is 2.29. The second-order valence-electron chi connectivity index (χ2n) is 3.72. The smallest absolute Gasteiger partial charge is 0.251 e. The minimum absolute atomic E-state index is 0.138. The standard InChI is InChI=1S/C11H5F6N3/c12-10(13,14)8-2-1-6(3-18-8)7-4-19-9(20-5-7)11(15,16)17/h1-5H. The summed E-state index contributed by atoms with van der Waals surface area (Å²) in [5.74, 6) is -1.32. The number of aromatic nitrogens is 3. The maximum Gasteiger partial charge on any atom is 0.451 e. The van der Waals surface area contributed by atoms with E-state index in [4.69, 9.17) is 0 Å². The first-order chi connectivity index (χ1) is 9.18. The van der Waals surface area contributed by atoms with Crippen LogP contribution in [-0.2, 0) is 12.4 Å². The fraction of sp³-hybridized carbons (Fsp3) is 0.182. The largest absolute Gasteiger partial charge is 0.451 e. The van der Waals surface area contributed by atoms with Gasteiger partial charge >= 0.3 is 12.4 Å². The van der Waals surface area contributed by atoms with E-state index in [1.165, 1.54) is 0 Å². The summed E-state index contributed by atoms with van der Waals surface area (Å²) in [6.07, 6.45) is -6.60. The molecule has 2 rings (SSSR count). The molecule has 3 nitrogen and oxygen atoms in total. The van der Waals surface area contributed by atoms with Gasteiger partial charge in [-0.1, -0.05) is 6.07 Å². The second kappa shape index (κ2) is 4.73. The minimum Gasteiger partial charge on any atom is -0.251 e. The summed E-state index contributed by atoms with van der Waals surface area (Å²) < 4.78 is 73.6. The van der Waals surface area contributed by atoms with E-state index in [1.54, 1.807) is 0 Å². The SMILES string of the molecule is FC(F)(F)c1ccc(-c2cnc(C(F)(F)F)nc2)cn1. The average molecular weight is 293 g/mol. The zero-order valence-corrected chi connectivity index (χ0v) is 9.50. The molecular formula is C11H5F6N3. The number of pyridine rings is 1. The molecule has 0 saturated carbocycles. The van der Waals surface area contributed by atoms with Crippen LogP contribution in [0.25, 0.3) is 11.1 Å². The Labute approximate surface area is 108 Å². The fourth-order valence-corrected chi connectivity index (χ4v) is 1.36. The third-order valence-electron chi connectivity index (χ3n) is 2.29. The van der Waals surface area contributed by atoms with Gasteiger partial charge in [0, 0.05) is 29.7 Å². The van der Waals surface area contributed by atoms with Crippen molar-refractivity contribution in [3.63, 3.8) is 0 Å². The maximum absolute atomic E-state index is 12.3. The first kappa shape index (κ1) is 14.2. The van der Waals surface area contributed by atoms with Gasteiger partial charge in [0.2, 0.25) is 5.82 Å². The highest BCUT2D eigenvalue weighted by atomic mass is 19.4. The monoisotopic (exact) mass is 293 g/mol. The molecule has 0 amide bonds. The number of hydrogen-bond donors (Lipinski definition) is 0. The molecule has 9 heteroatoms. The van der Waals surface area contributed by atoms with Crippen LogP contribution in [0.4, 0.5) is 26.3 Å². The van der Waals surface area contributed by atoms with Crippen molar-refractivity contribution in [1.29, 1.82) is 0 Å². The number of alkyl halides is 6. The van der Waals surface area contributed by atoms with E-state index in [0.717, 1.165) is 30.7 Å². The van der Waals surface area contributed by atoms with Crippen LogP contribution in [0.3, 0.4) is 0 Å². The Bertz CT molecular complexity index is 530. The summed E-state index contributed by atoms with van der Waals surface area (Å²) in [6, 6.07) is 1.81. The van der Waals surface area contributed by atoms with E-state index in [-0.39, 0.29) is 11.1 Å². The first-order valence-corrected chi connectivity index (χ1v) is 5.11. The summed E-state index contributed by atoms with van der Waals surface area (Å²) >= 11 is 0. The third-order valence-corrected chi connectivity index (χ3v) is 2.29. The minimum atomic E-state index is -4.67. The molecule has 0 saturated heterocycles. The summed E-state index contributed by atoms with van der Waals surface area (Å²) in [7, 11) is 0. The van der Waals surface area contributed by atoms with Crippen LogP contribution >= 0.6 is 0 Å². The molecule has 0 fully saturated rings. The van der Waals surface area contributed by atoms with Gasteiger partial charge in [0.15, 0.2) is 0 Å². The van der Waals surface area contributed by atoms with Gasteiger partial charge in [0.25, 0.3) is 0 Å². The topological polar surface area (TPSA) is 38.7 Å². The van der Waals surface area contributed by atoms with E-state index in [0.29, 0.717) is 0 Å².